The van der Waals surface area contributed by atoms with Crippen LogP contribution in [0.3, 0.4) is 0 Å². The second kappa shape index (κ2) is 8.97. The molecule has 0 fully saturated rings. The molecule has 0 spiro atoms. The van der Waals surface area contributed by atoms with Crippen molar-refractivity contribution in [3.05, 3.63) is 88.7 Å². The van der Waals surface area contributed by atoms with E-state index in [1.165, 1.54) is 0 Å². The molecule has 4 rings (SSSR count). The van der Waals surface area contributed by atoms with Gasteiger partial charge in [-0.1, -0.05) is 23.7 Å². The third kappa shape index (κ3) is 5.43. The van der Waals surface area contributed by atoms with Gasteiger partial charge in [0.15, 0.2) is 5.82 Å². The first-order chi connectivity index (χ1) is 15.3. The first-order valence-corrected chi connectivity index (χ1v) is 11.7. The van der Waals surface area contributed by atoms with Crippen molar-refractivity contribution in [2.75, 3.05) is 4.72 Å². The molecule has 0 aliphatic carbocycles. The maximum absolute atomic E-state index is 12.4. The van der Waals surface area contributed by atoms with Crippen molar-refractivity contribution >= 4 is 27.3 Å². The summed E-state index contributed by atoms with van der Waals surface area (Å²) in [4.78, 5) is 0. The Morgan fingerprint density at radius 2 is 1.69 bits per heavy atom. The predicted octanol–water partition coefficient (Wildman–Crippen LogP) is 4.67. The Bertz CT molecular complexity index is 1320. The van der Waals surface area contributed by atoms with Gasteiger partial charge in [-0.15, -0.1) is 10.2 Å². The van der Waals surface area contributed by atoms with E-state index < -0.39 is 10.0 Å². The summed E-state index contributed by atoms with van der Waals surface area (Å²) in [6, 6.07) is 18.6. The zero-order valence-corrected chi connectivity index (χ0v) is 18.9. The zero-order chi connectivity index (χ0) is 22.7. The Kier molecular flexibility index (Phi) is 6.11. The van der Waals surface area contributed by atoms with E-state index in [-0.39, 0.29) is 5.75 Å². The molecular weight excluding hydrogens is 450 g/mol. The first kappa shape index (κ1) is 21.8. The summed E-state index contributed by atoms with van der Waals surface area (Å²) in [5, 5.41) is 13.2. The number of rotatable bonds is 7. The first-order valence-electron chi connectivity index (χ1n) is 9.68. The Morgan fingerprint density at radius 1 is 0.969 bits per heavy atom. The molecule has 0 bridgehead atoms. The van der Waals surface area contributed by atoms with Crippen molar-refractivity contribution < 1.29 is 13.2 Å². The highest BCUT2D eigenvalue weighted by Crippen LogP contribution is 2.23. The van der Waals surface area contributed by atoms with E-state index in [1.54, 1.807) is 65.3 Å². The van der Waals surface area contributed by atoms with Crippen LogP contribution in [0.5, 0.6) is 11.6 Å². The van der Waals surface area contributed by atoms with Crippen LogP contribution in [0, 0.1) is 13.8 Å². The van der Waals surface area contributed by atoms with Crippen molar-refractivity contribution in [1.29, 1.82) is 0 Å². The Balaban J connectivity index is 1.39. The Labute approximate surface area is 190 Å². The van der Waals surface area contributed by atoms with E-state index >= 15 is 0 Å². The number of halogens is 1. The summed E-state index contributed by atoms with van der Waals surface area (Å²) in [7, 11) is -3.57. The molecule has 164 valence electrons. The van der Waals surface area contributed by atoms with Crippen LogP contribution in [-0.4, -0.2) is 28.4 Å². The van der Waals surface area contributed by atoms with Gasteiger partial charge in [-0.25, -0.2) is 13.1 Å². The molecule has 0 atom stereocenters. The molecule has 2 aromatic heterocycles. The number of aromatic nitrogens is 4. The van der Waals surface area contributed by atoms with Crippen LogP contribution >= 0.6 is 11.6 Å². The summed E-state index contributed by atoms with van der Waals surface area (Å²) < 4.78 is 34.8. The highest BCUT2D eigenvalue weighted by atomic mass is 35.5. The molecule has 32 heavy (non-hydrogen) atoms. The summed E-state index contributed by atoms with van der Waals surface area (Å²) >= 11 is 5.84. The lowest BCUT2D eigenvalue weighted by Gasteiger charge is -2.10. The third-order valence-electron chi connectivity index (χ3n) is 4.47. The van der Waals surface area contributed by atoms with E-state index in [2.05, 4.69) is 20.0 Å². The number of nitrogens with one attached hydrogen (secondary N) is 1. The molecule has 0 unspecified atom stereocenters. The molecule has 2 aromatic carbocycles. The monoisotopic (exact) mass is 469 g/mol. The van der Waals surface area contributed by atoms with Crippen molar-refractivity contribution in [2.24, 2.45) is 0 Å². The standard InChI is InChI=1S/C22H20ClN5O3S/c1-15-13-16(2)28(26-15)21-11-12-22(25-24-21)31-20-9-7-19(8-10-20)27-32(29,30)14-17-3-5-18(23)6-4-17/h3-13,27H,14H2,1-2H3. The molecule has 0 amide bonds. The van der Waals surface area contributed by atoms with E-state index in [0.717, 1.165) is 11.4 Å². The number of ether oxygens (including phenoxy) is 1. The van der Waals surface area contributed by atoms with Crippen LogP contribution in [0.2, 0.25) is 5.02 Å². The van der Waals surface area contributed by atoms with Crippen LogP contribution in [0.15, 0.2) is 66.7 Å². The second-order valence-corrected chi connectivity index (χ2v) is 9.34. The van der Waals surface area contributed by atoms with Crippen molar-refractivity contribution in [1.82, 2.24) is 20.0 Å². The number of nitrogens with zero attached hydrogens (tertiary/aromatic N) is 4. The number of sulfonamides is 1. The van der Waals surface area contributed by atoms with Crippen LogP contribution in [0.25, 0.3) is 5.82 Å². The molecule has 0 aliphatic heterocycles. The largest absolute Gasteiger partial charge is 0.438 e. The van der Waals surface area contributed by atoms with Gasteiger partial charge in [0.05, 0.1) is 11.4 Å². The van der Waals surface area contributed by atoms with Crippen LogP contribution in [-0.2, 0) is 15.8 Å². The van der Waals surface area contributed by atoms with Gasteiger partial charge in [-0.05, 0) is 67.9 Å². The summed E-state index contributed by atoms with van der Waals surface area (Å²) in [5.41, 5.74) is 2.93. The van der Waals surface area contributed by atoms with Gasteiger partial charge in [-0.3, -0.25) is 4.72 Å². The second-order valence-electron chi connectivity index (χ2n) is 7.18. The minimum absolute atomic E-state index is 0.153. The topological polar surface area (TPSA) is 99.0 Å². The van der Waals surface area contributed by atoms with E-state index in [4.69, 9.17) is 16.3 Å². The molecule has 10 heteroatoms. The molecule has 2 heterocycles. The molecular formula is C22H20ClN5O3S. The van der Waals surface area contributed by atoms with Gasteiger partial charge in [-0.2, -0.15) is 5.10 Å². The van der Waals surface area contributed by atoms with Gasteiger partial charge in [0, 0.05) is 22.5 Å². The van der Waals surface area contributed by atoms with Crippen LogP contribution in [0.1, 0.15) is 17.0 Å². The van der Waals surface area contributed by atoms with Crippen molar-refractivity contribution in [3.8, 4) is 17.4 Å². The number of hydrogen-bond donors (Lipinski definition) is 1. The fourth-order valence-electron chi connectivity index (χ4n) is 3.07. The minimum atomic E-state index is -3.57. The molecule has 0 saturated carbocycles. The van der Waals surface area contributed by atoms with E-state index in [9.17, 15) is 8.42 Å². The molecule has 0 radical (unpaired) electrons. The number of aryl methyl sites for hydroxylation is 2. The van der Waals surface area contributed by atoms with Gasteiger partial charge < -0.3 is 4.74 Å². The minimum Gasteiger partial charge on any atom is -0.438 e. The lowest BCUT2D eigenvalue weighted by Crippen LogP contribution is -2.14. The van der Waals surface area contributed by atoms with Crippen molar-refractivity contribution in [2.45, 2.75) is 19.6 Å². The maximum atomic E-state index is 12.4. The highest BCUT2D eigenvalue weighted by Gasteiger charge is 2.12. The number of anilines is 1. The maximum Gasteiger partial charge on any atom is 0.238 e. The lowest BCUT2D eigenvalue weighted by atomic mass is 10.2. The predicted molar refractivity (Wildman–Crippen MR) is 123 cm³/mol. The summed E-state index contributed by atoms with van der Waals surface area (Å²) in [6.07, 6.45) is 0. The van der Waals surface area contributed by atoms with Gasteiger partial charge in [0.25, 0.3) is 0 Å². The van der Waals surface area contributed by atoms with E-state index in [1.807, 2.05) is 19.9 Å². The molecule has 1 N–H and O–H groups in total. The quantitative estimate of drug-likeness (QED) is 0.422. The number of hydrogen-bond acceptors (Lipinski definition) is 6. The Morgan fingerprint density at radius 3 is 2.28 bits per heavy atom. The average Bonchev–Trinajstić information content (AvgIpc) is 3.09. The SMILES string of the molecule is Cc1cc(C)n(-c2ccc(Oc3ccc(NS(=O)(=O)Cc4ccc(Cl)cc4)cc3)nn2)n1. The van der Waals surface area contributed by atoms with E-state index in [0.29, 0.717) is 33.7 Å². The van der Waals surface area contributed by atoms with Gasteiger partial charge >= 0.3 is 0 Å². The van der Waals surface area contributed by atoms with Crippen LogP contribution in [0.4, 0.5) is 5.69 Å². The third-order valence-corrected chi connectivity index (χ3v) is 5.98. The Hall–Kier alpha value is -3.43. The van der Waals surface area contributed by atoms with Crippen LogP contribution < -0.4 is 9.46 Å². The number of benzene rings is 2. The highest BCUT2D eigenvalue weighted by molar-refractivity contribution is 7.91. The summed E-state index contributed by atoms with van der Waals surface area (Å²) in [5.74, 6) is 1.25. The normalized spacial score (nSPS) is 11.3. The zero-order valence-electron chi connectivity index (χ0n) is 17.4. The summed E-state index contributed by atoms with van der Waals surface area (Å²) in [6.45, 7) is 3.85. The lowest BCUT2D eigenvalue weighted by molar-refractivity contribution is 0.454. The molecule has 8 nitrogen and oxygen atoms in total. The average molecular weight is 470 g/mol. The van der Waals surface area contributed by atoms with Gasteiger partial charge in [0.1, 0.15) is 5.75 Å². The fraction of sp³-hybridized carbons (Fsp3) is 0.136. The molecule has 0 aliphatic rings. The van der Waals surface area contributed by atoms with Crippen molar-refractivity contribution in [3.63, 3.8) is 0 Å². The smallest absolute Gasteiger partial charge is 0.238 e. The van der Waals surface area contributed by atoms with Gasteiger partial charge in [0.2, 0.25) is 15.9 Å². The fourth-order valence-corrected chi connectivity index (χ4v) is 4.39. The molecule has 0 saturated heterocycles. The molecule has 4 aromatic rings.